The zero-order chi connectivity index (χ0) is 42.4. The van der Waals surface area contributed by atoms with E-state index in [0.29, 0.717) is 111 Å². The van der Waals surface area contributed by atoms with E-state index in [2.05, 4.69) is 9.80 Å². The Hall–Kier alpha value is -6.14. The maximum Gasteiger partial charge on any atom is 0.343 e. The predicted molar refractivity (Wildman–Crippen MR) is 213 cm³/mol. The van der Waals surface area contributed by atoms with Gasteiger partial charge in [-0.05, 0) is 56.1 Å². The van der Waals surface area contributed by atoms with Gasteiger partial charge in [-0.15, -0.1) is 10.2 Å². The molecule has 0 unspecified atom stereocenters. The molecule has 17 heteroatoms. The Morgan fingerprint density at radius 2 is 1.16 bits per heavy atom. The Kier molecular flexibility index (Phi) is 9.46. The van der Waals surface area contributed by atoms with Gasteiger partial charge >= 0.3 is 11.9 Å². The zero-order valence-electron chi connectivity index (χ0n) is 34.4. The van der Waals surface area contributed by atoms with Gasteiger partial charge in [0.25, 0.3) is 0 Å². The number of hydrogen-bond donors (Lipinski definition) is 2. The predicted octanol–water partition coefficient (Wildman–Crippen LogP) is 5.76. The van der Waals surface area contributed by atoms with E-state index >= 15 is 0 Å². The molecule has 4 aromatic rings. The summed E-state index contributed by atoms with van der Waals surface area (Å²) in [6.07, 6.45) is -0.514. The van der Waals surface area contributed by atoms with Crippen molar-refractivity contribution in [2.45, 2.75) is 57.3 Å². The lowest BCUT2D eigenvalue weighted by Crippen LogP contribution is -2.37. The summed E-state index contributed by atoms with van der Waals surface area (Å²) in [4.78, 5) is 31.3. The van der Waals surface area contributed by atoms with Gasteiger partial charge in [0.15, 0.2) is 23.0 Å². The highest BCUT2D eigenvalue weighted by Crippen LogP contribution is 2.61. The van der Waals surface area contributed by atoms with E-state index < -0.39 is 36.2 Å². The van der Waals surface area contributed by atoms with Crippen molar-refractivity contribution in [1.82, 2.24) is 9.80 Å². The van der Waals surface area contributed by atoms with E-state index in [-0.39, 0.29) is 38.1 Å². The topological polar surface area (TPSA) is 189 Å². The summed E-state index contributed by atoms with van der Waals surface area (Å²) in [6, 6.07) is 6.22. The van der Waals surface area contributed by atoms with Crippen molar-refractivity contribution in [3.63, 3.8) is 0 Å². The van der Waals surface area contributed by atoms with Crippen LogP contribution in [-0.4, -0.2) is 94.1 Å². The molecule has 4 aromatic carbocycles. The summed E-state index contributed by atoms with van der Waals surface area (Å²) in [5.41, 5.74) is 7.50. The summed E-state index contributed by atoms with van der Waals surface area (Å²) in [6.45, 7) is 2.10. The van der Waals surface area contributed by atoms with Gasteiger partial charge in [-0.25, -0.2) is 9.59 Å². The second-order valence-electron chi connectivity index (χ2n) is 15.7. The van der Waals surface area contributed by atoms with Crippen molar-refractivity contribution >= 4 is 23.3 Å². The van der Waals surface area contributed by atoms with Crippen molar-refractivity contribution in [2.75, 3.05) is 62.1 Å². The Bertz CT molecular complexity index is 2580. The van der Waals surface area contributed by atoms with Crippen LogP contribution in [0.1, 0.15) is 95.1 Å². The number of hydrogen-bond acceptors (Lipinski definition) is 17. The van der Waals surface area contributed by atoms with Crippen molar-refractivity contribution in [2.24, 2.45) is 10.2 Å². The number of likely N-dealkylation sites (N-methyl/N-ethyl adjacent to an activating group) is 2. The van der Waals surface area contributed by atoms with Crippen molar-refractivity contribution in [3.8, 4) is 40.2 Å². The van der Waals surface area contributed by atoms with Crippen LogP contribution in [0.5, 0.6) is 40.2 Å². The molecule has 0 amide bonds. The molecule has 0 aromatic heterocycles. The molecule has 0 saturated carbocycles. The number of carbonyl (C=O) groups excluding carboxylic acids is 2. The van der Waals surface area contributed by atoms with Gasteiger partial charge in [0, 0.05) is 40.9 Å². The first kappa shape index (κ1) is 39.0. The molecule has 0 saturated heterocycles. The number of nitrogens with zero attached hydrogens (tertiary/aromatic N) is 4. The Labute approximate surface area is 350 Å². The van der Waals surface area contributed by atoms with Crippen LogP contribution in [0.4, 0.5) is 11.4 Å². The van der Waals surface area contributed by atoms with Gasteiger partial charge in [-0.1, -0.05) is 24.3 Å². The molecule has 0 bridgehead atoms. The van der Waals surface area contributed by atoms with Gasteiger partial charge in [-0.2, -0.15) is 0 Å². The minimum absolute atomic E-state index is 0.0904. The van der Waals surface area contributed by atoms with Crippen LogP contribution in [0.15, 0.2) is 34.5 Å². The number of azo groups is 1. The Balaban J connectivity index is 1.14. The molecule has 0 fully saturated rings. The molecule has 6 heterocycles. The Morgan fingerprint density at radius 3 is 1.74 bits per heavy atom. The second kappa shape index (κ2) is 14.8. The minimum Gasteiger partial charge on any atom is -0.496 e. The maximum atomic E-state index is 13.6. The third kappa shape index (κ3) is 5.60. The molecule has 0 spiro atoms. The number of ether oxygens (including phenoxy) is 9. The number of rotatable bonds is 9. The highest BCUT2D eigenvalue weighted by molar-refractivity contribution is 5.98. The monoisotopic (exact) mass is 836 g/mol. The summed E-state index contributed by atoms with van der Waals surface area (Å²) < 4.78 is 54.0. The molecule has 6 aliphatic heterocycles. The number of aliphatic hydroxyl groups is 2. The maximum absolute atomic E-state index is 13.6. The first-order valence-corrected chi connectivity index (χ1v) is 20.0. The first-order chi connectivity index (χ1) is 29.6. The summed E-state index contributed by atoms with van der Waals surface area (Å²) >= 11 is 0. The molecule has 10 rings (SSSR count). The normalized spacial score (nSPS) is 22.2. The average molecular weight is 837 g/mol. The van der Waals surface area contributed by atoms with Gasteiger partial charge in [0.1, 0.15) is 46.2 Å². The van der Waals surface area contributed by atoms with Crippen LogP contribution in [-0.2, 0) is 35.5 Å². The molecular formula is C44H44N4O13. The summed E-state index contributed by atoms with van der Waals surface area (Å²) in [5.74, 6) is 1.49. The smallest absolute Gasteiger partial charge is 0.343 e. The van der Waals surface area contributed by atoms with E-state index in [1.807, 2.05) is 33.2 Å². The number of methoxy groups -OCH3 is 3. The lowest BCUT2D eigenvalue weighted by atomic mass is 9.82. The van der Waals surface area contributed by atoms with Crippen LogP contribution in [0, 0.1) is 6.92 Å². The number of cyclic esters (lactones) is 2. The van der Waals surface area contributed by atoms with Gasteiger partial charge < -0.3 is 52.8 Å². The van der Waals surface area contributed by atoms with Crippen molar-refractivity contribution in [3.05, 3.63) is 85.5 Å². The van der Waals surface area contributed by atoms with Crippen LogP contribution in [0.2, 0.25) is 0 Å². The van der Waals surface area contributed by atoms with E-state index in [0.717, 1.165) is 16.7 Å². The molecule has 0 aliphatic carbocycles. The molecule has 4 atom stereocenters. The number of esters is 2. The fraction of sp³-hybridized carbons (Fsp3) is 0.409. The van der Waals surface area contributed by atoms with Gasteiger partial charge in [0.2, 0.25) is 19.3 Å². The van der Waals surface area contributed by atoms with Crippen LogP contribution >= 0.6 is 0 Å². The van der Waals surface area contributed by atoms with Crippen LogP contribution in [0.3, 0.4) is 0 Å². The summed E-state index contributed by atoms with van der Waals surface area (Å²) in [7, 11) is 8.45. The van der Waals surface area contributed by atoms with Gasteiger partial charge in [0.05, 0.1) is 46.6 Å². The molecule has 2 N–H and O–H groups in total. The number of carbonyl (C=O) groups is 2. The van der Waals surface area contributed by atoms with Crippen LogP contribution in [0.25, 0.3) is 0 Å². The SMILES string of the molecule is COc1c(C)ccc2c1C(=O)O[C@@H]2[C@H]1c2c(c(N=Nc3c4c(c(OC)c5c3OCO5)[C@H]([C@H]3OC(=O)c5c3ccc(CO)c5OC)N(C)CC4)c3c(c2CO)OCO3)CCN1C. The largest absolute Gasteiger partial charge is 0.496 e. The number of aryl methyl sites for hydroxylation is 1. The van der Waals surface area contributed by atoms with Crippen molar-refractivity contribution in [1.29, 1.82) is 0 Å². The highest BCUT2D eigenvalue weighted by atomic mass is 16.7. The van der Waals surface area contributed by atoms with E-state index in [1.54, 1.807) is 19.2 Å². The third-order valence-corrected chi connectivity index (χ3v) is 12.8. The first-order valence-electron chi connectivity index (χ1n) is 20.0. The minimum atomic E-state index is -0.785. The number of aliphatic hydroxyl groups excluding tert-OH is 2. The van der Waals surface area contributed by atoms with Crippen molar-refractivity contribution < 1.29 is 62.4 Å². The second-order valence-corrected chi connectivity index (χ2v) is 15.7. The fourth-order valence-corrected chi connectivity index (χ4v) is 10.1. The lowest BCUT2D eigenvalue weighted by Gasteiger charge is -2.39. The van der Waals surface area contributed by atoms with Gasteiger partial charge in [-0.3, -0.25) is 9.80 Å². The van der Waals surface area contributed by atoms with Crippen LogP contribution < -0.4 is 33.2 Å². The average Bonchev–Trinajstić information content (AvgIpc) is 4.08. The standard InChI is InChI=1S/C44H44N4O13/c1-19-7-9-23-28(34(19)53-4)43(51)60-36(23)32-26-21(11-13-47(32)2)30(40-38(25(26)16-50)56-17-57-40)45-46-31-22-12-14-48(3)33(27(22)39(55-6)42-41(31)58-18-59-42)37-24-10-8-20(15-49)35(54-5)29(24)44(52)61-37/h7-10,32-33,36-37,49-50H,11-18H2,1-6H3/t32-,33-,36+,37+/m1/s1. The summed E-state index contributed by atoms with van der Waals surface area (Å²) in [5, 5.41) is 30.9. The quantitative estimate of drug-likeness (QED) is 0.153. The third-order valence-electron chi connectivity index (χ3n) is 12.8. The molecular weight excluding hydrogens is 792 g/mol. The zero-order valence-corrected chi connectivity index (χ0v) is 34.4. The number of benzene rings is 4. The molecule has 0 radical (unpaired) electrons. The molecule has 318 valence electrons. The Morgan fingerprint density at radius 1 is 0.656 bits per heavy atom. The molecule has 61 heavy (non-hydrogen) atoms. The molecule has 6 aliphatic rings. The highest BCUT2D eigenvalue weighted by Gasteiger charge is 2.49. The number of fused-ring (bicyclic) bond motifs is 6. The van der Waals surface area contributed by atoms with E-state index in [4.69, 9.17) is 52.9 Å². The van der Waals surface area contributed by atoms with E-state index in [1.165, 1.54) is 14.2 Å². The molecule has 17 nitrogen and oxygen atoms in total. The lowest BCUT2D eigenvalue weighted by molar-refractivity contribution is 0.00812. The van der Waals surface area contributed by atoms with E-state index in [9.17, 15) is 19.8 Å². The fourth-order valence-electron chi connectivity index (χ4n) is 10.1.